The van der Waals surface area contributed by atoms with E-state index in [9.17, 15) is 9.59 Å². The molecule has 1 amide bonds. The number of nitrogens with one attached hydrogen (secondary N) is 1. The molecule has 4 rings (SSSR count). The van der Waals surface area contributed by atoms with Crippen LogP contribution in [0.3, 0.4) is 0 Å². The van der Waals surface area contributed by atoms with Gasteiger partial charge in [-0.3, -0.25) is 4.79 Å². The van der Waals surface area contributed by atoms with Crippen LogP contribution in [0, 0.1) is 5.92 Å². The third-order valence-electron chi connectivity index (χ3n) is 5.31. The number of nitrogens with two attached hydrogens (primary N) is 1. The van der Waals surface area contributed by atoms with Crippen LogP contribution < -0.4 is 11.1 Å². The number of esters is 1. The Kier molecular flexibility index (Phi) is 5.67. The number of hydrogen-bond donors (Lipinski definition) is 2. The lowest BCUT2D eigenvalue weighted by molar-refractivity contribution is -0.119. The lowest BCUT2D eigenvalue weighted by Crippen LogP contribution is -2.24. The largest absolute Gasteiger partial charge is 0.464 e. The fourth-order valence-electron chi connectivity index (χ4n) is 3.75. The smallest absolute Gasteiger partial charge is 0.356 e. The number of benzene rings is 1. The maximum atomic E-state index is 12.8. The number of fused-ring (bicyclic) bond motifs is 1. The van der Waals surface area contributed by atoms with Crippen LogP contribution in [0.2, 0.25) is 0 Å². The van der Waals surface area contributed by atoms with Crippen molar-refractivity contribution in [2.75, 3.05) is 31.4 Å². The lowest BCUT2D eigenvalue weighted by atomic mass is 10.1. The molecular formula is C22H24N4O4. The van der Waals surface area contributed by atoms with E-state index in [-0.39, 0.29) is 17.5 Å². The number of methoxy groups -OCH3 is 1. The zero-order chi connectivity index (χ0) is 21.1. The van der Waals surface area contributed by atoms with E-state index in [1.54, 1.807) is 16.8 Å². The van der Waals surface area contributed by atoms with Gasteiger partial charge in [0.05, 0.1) is 37.2 Å². The molecule has 3 heterocycles. The molecule has 0 aliphatic carbocycles. The maximum absolute atomic E-state index is 12.8. The molecule has 3 aromatic rings. The van der Waals surface area contributed by atoms with Gasteiger partial charge in [-0.2, -0.15) is 0 Å². The molecule has 1 aromatic carbocycles. The van der Waals surface area contributed by atoms with Gasteiger partial charge in [-0.25, -0.2) is 9.78 Å². The van der Waals surface area contributed by atoms with Gasteiger partial charge in [0.2, 0.25) is 5.91 Å². The predicted octanol–water partition coefficient (Wildman–Crippen LogP) is 2.62. The molecule has 0 spiro atoms. The van der Waals surface area contributed by atoms with E-state index < -0.39 is 5.97 Å². The van der Waals surface area contributed by atoms with Crippen molar-refractivity contribution in [1.29, 1.82) is 0 Å². The van der Waals surface area contributed by atoms with Crippen LogP contribution in [0.25, 0.3) is 11.0 Å². The van der Waals surface area contributed by atoms with Crippen LogP contribution in [-0.4, -0.2) is 41.8 Å². The molecule has 1 fully saturated rings. The molecular weight excluding hydrogens is 384 g/mol. The van der Waals surface area contributed by atoms with Gasteiger partial charge in [0.1, 0.15) is 5.65 Å². The zero-order valence-electron chi connectivity index (χ0n) is 16.8. The minimum atomic E-state index is -0.544. The van der Waals surface area contributed by atoms with Gasteiger partial charge < -0.3 is 25.1 Å². The minimum Gasteiger partial charge on any atom is -0.464 e. The summed E-state index contributed by atoms with van der Waals surface area (Å²) in [5.74, 6) is -0.993. The Balaban J connectivity index is 1.78. The minimum absolute atomic E-state index is 0.192. The van der Waals surface area contributed by atoms with Crippen molar-refractivity contribution in [3.63, 3.8) is 0 Å². The summed E-state index contributed by atoms with van der Waals surface area (Å²) in [6, 6.07) is 11.7. The van der Waals surface area contributed by atoms with Crippen molar-refractivity contribution >= 4 is 34.3 Å². The first-order chi connectivity index (χ1) is 14.6. The summed E-state index contributed by atoms with van der Waals surface area (Å²) in [7, 11) is 1.32. The topological polar surface area (TPSA) is 108 Å². The van der Waals surface area contributed by atoms with Crippen molar-refractivity contribution in [2.45, 2.75) is 19.4 Å². The number of amides is 1. The number of rotatable bonds is 6. The van der Waals surface area contributed by atoms with Crippen molar-refractivity contribution in [2.24, 2.45) is 5.92 Å². The standard InChI is InChI=1S/C22H24N4O4/c1-29-22(28)19-18(25-21(27)15-8-10-30-13-15)17-11-16(23)12-24-20(17)26(19)9-7-14-5-3-2-4-6-14/h2-6,11-12,15H,7-10,13,23H2,1H3,(H,25,27). The molecule has 1 saturated heterocycles. The molecule has 1 atom stereocenters. The third-order valence-corrected chi connectivity index (χ3v) is 5.31. The lowest BCUT2D eigenvalue weighted by Gasteiger charge is -2.12. The maximum Gasteiger partial charge on any atom is 0.356 e. The number of carbonyl (C=O) groups is 2. The monoisotopic (exact) mass is 408 g/mol. The molecule has 0 radical (unpaired) electrons. The van der Waals surface area contributed by atoms with Crippen LogP contribution in [0.15, 0.2) is 42.6 Å². The van der Waals surface area contributed by atoms with Crippen LogP contribution >= 0.6 is 0 Å². The third kappa shape index (κ3) is 3.86. The van der Waals surface area contributed by atoms with Gasteiger partial charge >= 0.3 is 5.97 Å². The highest BCUT2D eigenvalue weighted by Gasteiger charge is 2.29. The first kappa shape index (κ1) is 19.9. The van der Waals surface area contributed by atoms with E-state index in [0.717, 1.165) is 5.56 Å². The van der Waals surface area contributed by atoms with Gasteiger partial charge in [-0.15, -0.1) is 0 Å². The Morgan fingerprint density at radius 1 is 1.33 bits per heavy atom. The van der Waals surface area contributed by atoms with Crippen molar-refractivity contribution < 1.29 is 19.1 Å². The molecule has 156 valence electrons. The van der Waals surface area contributed by atoms with E-state index in [2.05, 4.69) is 10.3 Å². The summed E-state index contributed by atoms with van der Waals surface area (Å²) in [5, 5.41) is 3.53. The van der Waals surface area contributed by atoms with Gasteiger partial charge in [0.25, 0.3) is 0 Å². The normalized spacial score (nSPS) is 16.0. The Labute approximate surface area is 174 Å². The molecule has 8 heteroatoms. The second kappa shape index (κ2) is 8.54. The number of hydrogen-bond acceptors (Lipinski definition) is 6. The van der Waals surface area contributed by atoms with Crippen molar-refractivity contribution in [3.05, 3.63) is 53.9 Å². The summed E-state index contributed by atoms with van der Waals surface area (Å²) in [5.41, 5.74) is 8.73. The molecule has 3 N–H and O–H groups in total. The Hall–Kier alpha value is -3.39. The second-order valence-corrected chi connectivity index (χ2v) is 7.29. The average molecular weight is 408 g/mol. The zero-order valence-corrected chi connectivity index (χ0v) is 16.8. The van der Waals surface area contributed by atoms with Crippen molar-refractivity contribution in [1.82, 2.24) is 9.55 Å². The summed E-state index contributed by atoms with van der Waals surface area (Å²) < 4.78 is 12.2. The predicted molar refractivity (Wildman–Crippen MR) is 113 cm³/mol. The Bertz CT molecular complexity index is 1070. The van der Waals surface area contributed by atoms with Crippen LogP contribution in [-0.2, 0) is 27.2 Å². The molecule has 8 nitrogen and oxygen atoms in total. The molecule has 30 heavy (non-hydrogen) atoms. The quantitative estimate of drug-likeness (QED) is 0.607. The van der Waals surface area contributed by atoms with E-state index in [0.29, 0.717) is 55.0 Å². The highest BCUT2D eigenvalue weighted by atomic mass is 16.5. The number of aromatic nitrogens is 2. The highest BCUT2D eigenvalue weighted by Crippen LogP contribution is 2.33. The van der Waals surface area contributed by atoms with Gasteiger partial charge in [-0.05, 0) is 24.5 Å². The molecule has 1 aliphatic heterocycles. The van der Waals surface area contributed by atoms with E-state index in [1.165, 1.54) is 7.11 Å². The van der Waals surface area contributed by atoms with Gasteiger partial charge in [0, 0.05) is 18.5 Å². The SMILES string of the molecule is COC(=O)c1c(NC(=O)C2CCOC2)c2cc(N)cnc2n1CCc1ccccc1. The highest BCUT2D eigenvalue weighted by molar-refractivity contribution is 6.11. The van der Waals surface area contributed by atoms with Crippen LogP contribution in [0.5, 0.6) is 0 Å². The number of aryl methyl sites for hydroxylation is 2. The number of anilines is 2. The number of ether oxygens (including phenoxy) is 2. The van der Waals surface area contributed by atoms with Gasteiger partial charge in [-0.1, -0.05) is 30.3 Å². The van der Waals surface area contributed by atoms with E-state index >= 15 is 0 Å². The van der Waals surface area contributed by atoms with Crippen LogP contribution in [0.1, 0.15) is 22.5 Å². The fourth-order valence-corrected chi connectivity index (χ4v) is 3.75. The summed E-state index contributed by atoms with van der Waals surface area (Å²) in [6.45, 7) is 1.41. The van der Waals surface area contributed by atoms with Crippen LogP contribution in [0.4, 0.5) is 11.4 Å². The number of nitrogens with zero attached hydrogens (tertiary/aromatic N) is 2. The average Bonchev–Trinajstić information content (AvgIpc) is 3.40. The number of pyridine rings is 1. The van der Waals surface area contributed by atoms with Crippen molar-refractivity contribution in [3.8, 4) is 0 Å². The van der Waals surface area contributed by atoms with E-state index in [1.807, 2.05) is 30.3 Å². The summed E-state index contributed by atoms with van der Waals surface area (Å²) in [4.78, 5) is 30.0. The number of nitrogen functional groups attached to an aromatic ring is 1. The summed E-state index contributed by atoms with van der Waals surface area (Å²) >= 11 is 0. The summed E-state index contributed by atoms with van der Waals surface area (Å²) in [6.07, 6.45) is 2.87. The molecule has 1 aliphatic rings. The first-order valence-corrected chi connectivity index (χ1v) is 9.87. The second-order valence-electron chi connectivity index (χ2n) is 7.29. The first-order valence-electron chi connectivity index (χ1n) is 9.87. The number of carbonyl (C=O) groups excluding carboxylic acids is 2. The molecule has 2 aromatic heterocycles. The fraction of sp³-hybridized carbons (Fsp3) is 0.318. The molecule has 1 unspecified atom stereocenters. The van der Waals surface area contributed by atoms with E-state index in [4.69, 9.17) is 15.2 Å². The molecule has 0 saturated carbocycles. The van der Waals surface area contributed by atoms with Gasteiger partial charge in [0.15, 0.2) is 5.69 Å². The Morgan fingerprint density at radius 3 is 2.83 bits per heavy atom. The molecule has 0 bridgehead atoms. The Morgan fingerprint density at radius 2 is 2.13 bits per heavy atom.